The van der Waals surface area contributed by atoms with E-state index in [1.807, 2.05) is 19.1 Å². The van der Waals surface area contributed by atoms with Gasteiger partial charge in [-0.25, -0.2) is 4.98 Å². The molecule has 10 heteroatoms. The number of aryl methyl sites for hydroxylation is 2. The van der Waals surface area contributed by atoms with Crippen molar-refractivity contribution in [3.05, 3.63) is 58.0 Å². The first-order chi connectivity index (χ1) is 16.1. The fourth-order valence-electron chi connectivity index (χ4n) is 5.14. The predicted molar refractivity (Wildman–Crippen MR) is 121 cm³/mol. The molecule has 0 unspecified atom stereocenters. The fraction of sp³-hybridized carbons (Fsp3) is 0.375. The molecule has 4 heterocycles. The van der Waals surface area contributed by atoms with Gasteiger partial charge in [0.05, 0.1) is 11.2 Å². The van der Waals surface area contributed by atoms with Crippen molar-refractivity contribution in [1.82, 2.24) is 9.55 Å². The maximum atomic E-state index is 12.9. The summed E-state index contributed by atoms with van der Waals surface area (Å²) in [5.74, 6) is 0.342. The van der Waals surface area contributed by atoms with Crippen molar-refractivity contribution >= 4 is 22.4 Å². The van der Waals surface area contributed by atoms with Gasteiger partial charge in [-0.2, -0.15) is 5.26 Å². The molecular formula is C24H22F3N5O2. The number of pyridine rings is 2. The number of halogens is 3. The molecule has 0 aliphatic carbocycles. The summed E-state index contributed by atoms with van der Waals surface area (Å²) in [7, 11) is 1.65. The minimum absolute atomic E-state index is 0.102. The number of hydrogen-bond donors (Lipinski definition) is 0. The molecule has 5 rings (SSSR count). The highest BCUT2D eigenvalue weighted by molar-refractivity contribution is 5.92. The van der Waals surface area contributed by atoms with Gasteiger partial charge in [0.25, 0.3) is 5.56 Å². The van der Waals surface area contributed by atoms with E-state index >= 15 is 0 Å². The minimum Gasteiger partial charge on any atom is -0.406 e. The van der Waals surface area contributed by atoms with E-state index < -0.39 is 6.36 Å². The van der Waals surface area contributed by atoms with Crippen LogP contribution in [0.25, 0.3) is 11.0 Å². The number of hydrogen-bond acceptors (Lipinski definition) is 6. The number of alkyl halides is 3. The Labute approximate surface area is 193 Å². The zero-order valence-corrected chi connectivity index (χ0v) is 18.6. The summed E-state index contributed by atoms with van der Waals surface area (Å²) in [4.78, 5) is 21.8. The summed E-state index contributed by atoms with van der Waals surface area (Å²) in [6.45, 7) is 4.68. The molecule has 2 aliphatic heterocycles. The number of ether oxygens (including phenoxy) is 1. The third kappa shape index (κ3) is 3.81. The zero-order valence-electron chi connectivity index (χ0n) is 18.6. The second kappa shape index (κ2) is 7.94. The van der Waals surface area contributed by atoms with Crippen LogP contribution in [0, 0.1) is 30.1 Å². The van der Waals surface area contributed by atoms with Crippen LogP contribution in [0.4, 0.5) is 24.5 Å². The topological polar surface area (TPSA) is 74.4 Å². The second-order valence-electron chi connectivity index (χ2n) is 8.89. The number of benzene rings is 1. The second-order valence-corrected chi connectivity index (χ2v) is 8.89. The number of nitrogens with zero attached hydrogens (tertiary/aromatic N) is 5. The maximum Gasteiger partial charge on any atom is 0.573 e. The van der Waals surface area contributed by atoms with Gasteiger partial charge in [0.1, 0.15) is 22.9 Å². The van der Waals surface area contributed by atoms with Gasteiger partial charge in [0.15, 0.2) is 0 Å². The molecule has 3 aromatic rings. The molecule has 0 bridgehead atoms. The molecule has 0 N–H and O–H groups in total. The van der Waals surface area contributed by atoms with Crippen molar-refractivity contribution < 1.29 is 17.9 Å². The highest BCUT2D eigenvalue weighted by Gasteiger charge is 2.41. The molecular weight excluding hydrogens is 447 g/mol. The summed E-state index contributed by atoms with van der Waals surface area (Å²) in [5, 5.41) is 9.79. The lowest BCUT2D eigenvalue weighted by molar-refractivity contribution is -0.274. The molecule has 7 nitrogen and oxygen atoms in total. The number of anilines is 2. The van der Waals surface area contributed by atoms with Crippen LogP contribution in [0.5, 0.6) is 5.75 Å². The van der Waals surface area contributed by atoms with E-state index in [4.69, 9.17) is 0 Å². The van der Waals surface area contributed by atoms with Crippen molar-refractivity contribution in [3.8, 4) is 11.8 Å². The number of fused-ring (bicyclic) bond motifs is 2. The van der Waals surface area contributed by atoms with Crippen LogP contribution < -0.4 is 20.1 Å². The fourth-order valence-corrected chi connectivity index (χ4v) is 5.14. The lowest BCUT2D eigenvalue weighted by atomic mass is 10.0. The third-order valence-electron chi connectivity index (χ3n) is 6.70. The van der Waals surface area contributed by atoms with Crippen molar-refractivity contribution in [1.29, 1.82) is 5.26 Å². The predicted octanol–water partition coefficient (Wildman–Crippen LogP) is 3.58. The van der Waals surface area contributed by atoms with Gasteiger partial charge in [0, 0.05) is 56.4 Å². The molecule has 176 valence electrons. The molecule has 1 aromatic carbocycles. The van der Waals surface area contributed by atoms with Crippen molar-refractivity contribution in [2.24, 2.45) is 18.9 Å². The van der Waals surface area contributed by atoms with Gasteiger partial charge in [-0.3, -0.25) is 4.79 Å². The average Bonchev–Trinajstić information content (AvgIpc) is 3.34. The quantitative estimate of drug-likeness (QED) is 0.584. The molecule has 0 amide bonds. The average molecular weight is 469 g/mol. The Bertz CT molecular complexity index is 1350. The van der Waals surface area contributed by atoms with E-state index in [-0.39, 0.29) is 16.9 Å². The van der Waals surface area contributed by atoms with Crippen LogP contribution in [0.2, 0.25) is 0 Å². The van der Waals surface area contributed by atoms with E-state index in [9.17, 15) is 23.2 Å². The standard InChI is InChI=1S/C24H22F3N5O2/c1-14-3-8-20-21(29-14)22(19(9-28)23(33)30(20)2)32-12-15-10-31(11-16(15)13-32)17-4-6-18(7-5-17)34-24(25,26)27/h3-8,15-16H,10-13H2,1-2H3/t15-,16-/m1/s1. The van der Waals surface area contributed by atoms with Crippen molar-refractivity contribution in [2.45, 2.75) is 13.3 Å². The van der Waals surface area contributed by atoms with E-state index in [0.717, 1.165) is 24.5 Å². The van der Waals surface area contributed by atoms with Gasteiger partial charge in [-0.15, -0.1) is 13.2 Å². The minimum atomic E-state index is -4.71. The molecule has 2 aromatic heterocycles. The lowest BCUT2D eigenvalue weighted by Crippen LogP contribution is -2.32. The van der Waals surface area contributed by atoms with E-state index in [1.54, 1.807) is 19.2 Å². The highest BCUT2D eigenvalue weighted by atomic mass is 19.4. The molecule has 34 heavy (non-hydrogen) atoms. The van der Waals surface area contributed by atoms with Gasteiger partial charge in [-0.1, -0.05) is 0 Å². The van der Waals surface area contributed by atoms with Crippen LogP contribution in [0.1, 0.15) is 11.3 Å². The maximum absolute atomic E-state index is 12.9. The molecule has 2 atom stereocenters. The summed E-state index contributed by atoms with van der Waals surface area (Å²) in [6.07, 6.45) is -4.71. The summed E-state index contributed by atoms with van der Waals surface area (Å²) in [5.41, 5.74) is 3.34. The first-order valence-electron chi connectivity index (χ1n) is 10.9. The zero-order chi connectivity index (χ0) is 24.2. The first kappa shape index (κ1) is 22.1. The Morgan fingerprint density at radius 3 is 2.24 bits per heavy atom. The van der Waals surface area contributed by atoms with E-state index in [2.05, 4.69) is 25.6 Å². The highest BCUT2D eigenvalue weighted by Crippen LogP contribution is 2.39. The molecule has 2 saturated heterocycles. The molecule has 0 radical (unpaired) electrons. The molecule has 0 spiro atoms. The van der Waals surface area contributed by atoms with E-state index in [1.165, 1.54) is 16.7 Å². The molecule has 2 fully saturated rings. The molecule has 2 aliphatic rings. The Morgan fingerprint density at radius 2 is 1.65 bits per heavy atom. The number of aromatic nitrogens is 2. The SMILES string of the molecule is Cc1ccc2c(n1)c(N1C[C@H]3CN(c4ccc(OC(F)(F)F)cc4)C[C@@H]3C1)c(C#N)c(=O)n2C. The first-order valence-corrected chi connectivity index (χ1v) is 10.9. The molecule has 0 saturated carbocycles. The Morgan fingerprint density at radius 1 is 1.03 bits per heavy atom. The Hall–Kier alpha value is -3.74. The van der Waals surface area contributed by atoms with Crippen LogP contribution >= 0.6 is 0 Å². The van der Waals surface area contributed by atoms with Crippen LogP contribution in [0.15, 0.2) is 41.2 Å². The van der Waals surface area contributed by atoms with Gasteiger partial charge in [-0.05, 0) is 43.3 Å². The Kier molecular flexibility index (Phi) is 5.15. The largest absolute Gasteiger partial charge is 0.573 e. The van der Waals surface area contributed by atoms with Crippen molar-refractivity contribution in [2.75, 3.05) is 36.0 Å². The van der Waals surface area contributed by atoms with Crippen LogP contribution in [-0.4, -0.2) is 42.1 Å². The van der Waals surface area contributed by atoms with Crippen LogP contribution in [-0.2, 0) is 7.05 Å². The monoisotopic (exact) mass is 469 g/mol. The summed E-state index contributed by atoms with van der Waals surface area (Å²) >= 11 is 0. The van der Waals surface area contributed by atoms with Gasteiger partial charge < -0.3 is 19.1 Å². The van der Waals surface area contributed by atoms with E-state index in [0.29, 0.717) is 41.6 Å². The normalized spacial score (nSPS) is 20.0. The van der Waals surface area contributed by atoms with Gasteiger partial charge in [0.2, 0.25) is 0 Å². The lowest BCUT2D eigenvalue weighted by Gasteiger charge is -2.26. The van der Waals surface area contributed by atoms with Crippen molar-refractivity contribution in [3.63, 3.8) is 0 Å². The smallest absolute Gasteiger partial charge is 0.406 e. The van der Waals surface area contributed by atoms with Crippen LogP contribution in [0.3, 0.4) is 0 Å². The Balaban J connectivity index is 1.39. The van der Waals surface area contributed by atoms with Gasteiger partial charge >= 0.3 is 6.36 Å². The number of nitriles is 1. The summed E-state index contributed by atoms with van der Waals surface area (Å²) in [6, 6.07) is 11.7. The number of rotatable bonds is 3. The third-order valence-corrected chi connectivity index (χ3v) is 6.70. The summed E-state index contributed by atoms with van der Waals surface area (Å²) < 4.78 is 42.7.